The lowest BCUT2D eigenvalue weighted by atomic mass is 9.46. The zero-order valence-electron chi connectivity index (χ0n) is 20.0. The van der Waals surface area contributed by atoms with E-state index in [2.05, 4.69) is 33.8 Å². The number of fused-ring (bicyclic) bond motifs is 5. The second-order valence-electron chi connectivity index (χ2n) is 12.5. The summed E-state index contributed by atoms with van der Waals surface area (Å²) in [4.78, 5) is 0. The highest BCUT2D eigenvalue weighted by Gasteiger charge is 2.62. The molecule has 0 radical (unpaired) electrons. The molecule has 4 rings (SSSR count). The lowest BCUT2D eigenvalue weighted by molar-refractivity contribution is -0.151. The van der Waals surface area contributed by atoms with Crippen LogP contribution in [0, 0.1) is 40.4 Å². The molecule has 0 spiro atoms. The summed E-state index contributed by atoms with van der Waals surface area (Å²) < 4.78 is 0. The lowest BCUT2D eigenvalue weighted by Gasteiger charge is -2.59. The predicted molar refractivity (Wildman–Crippen MR) is 122 cm³/mol. The van der Waals surface area contributed by atoms with Gasteiger partial charge in [0.25, 0.3) is 0 Å². The van der Waals surface area contributed by atoms with Crippen LogP contribution >= 0.6 is 0 Å². The van der Waals surface area contributed by atoms with Gasteiger partial charge in [-0.15, -0.1) is 0 Å². The molecule has 30 heavy (non-hydrogen) atoms. The monoisotopic (exact) mass is 418 g/mol. The summed E-state index contributed by atoms with van der Waals surface area (Å²) in [6.07, 6.45) is 12.1. The van der Waals surface area contributed by atoms with Gasteiger partial charge in [-0.3, -0.25) is 0 Å². The highest BCUT2D eigenvalue weighted by atomic mass is 16.3. The van der Waals surface area contributed by atoms with Crippen LogP contribution in [0.1, 0.15) is 98.8 Å². The summed E-state index contributed by atoms with van der Waals surface area (Å²) in [5.41, 5.74) is 0.914. The van der Waals surface area contributed by atoms with Gasteiger partial charge in [0, 0.05) is 0 Å². The average molecular weight is 419 g/mol. The number of hydrogen-bond donors (Lipinski definition) is 3. The first kappa shape index (κ1) is 22.8. The Labute approximate surface area is 184 Å². The van der Waals surface area contributed by atoms with Crippen LogP contribution in [0.5, 0.6) is 0 Å². The van der Waals surface area contributed by atoms with E-state index in [0.29, 0.717) is 24.2 Å². The van der Waals surface area contributed by atoms with Gasteiger partial charge in [0.2, 0.25) is 0 Å². The third-order valence-electron chi connectivity index (χ3n) is 10.5. The van der Waals surface area contributed by atoms with Gasteiger partial charge < -0.3 is 15.3 Å². The van der Waals surface area contributed by atoms with Crippen LogP contribution in [0.2, 0.25) is 0 Å². The molecule has 3 heteroatoms. The van der Waals surface area contributed by atoms with Gasteiger partial charge in [0.15, 0.2) is 0 Å². The van der Waals surface area contributed by atoms with E-state index in [1.54, 1.807) is 0 Å². The van der Waals surface area contributed by atoms with Gasteiger partial charge in [0.05, 0.1) is 17.8 Å². The van der Waals surface area contributed by atoms with E-state index in [0.717, 1.165) is 44.4 Å². The number of aliphatic hydroxyl groups is 3. The van der Waals surface area contributed by atoms with Gasteiger partial charge in [-0.05, 0) is 112 Å². The minimum Gasteiger partial charge on any atom is -0.393 e. The number of allylic oxidation sites excluding steroid dienone is 1. The van der Waals surface area contributed by atoms with Crippen molar-refractivity contribution in [2.24, 2.45) is 40.4 Å². The number of hydrogen-bond acceptors (Lipinski definition) is 3. The molecule has 0 amide bonds. The van der Waals surface area contributed by atoms with E-state index >= 15 is 0 Å². The average Bonchev–Trinajstić information content (AvgIpc) is 3.04. The van der Waals surface area contributed by atoms with Crippen molar-refractivity contribution in [2.45, 2.75) is 117 Å². The van der Waals surface area contributed by atoms with Crippen molar-refractivity contribution >= 4 is 0 Å². The highest BCUT2D eigenvalue weighted by molar-refractivity contribution is 5.25. The largest absolute Gasteiger partial charge is 0.393 e. The Morgan fingerprint density at radius 1 is 1.07 bits per heavy atom. The Kier molecular flexibility index (Phi) is 5.99. The molecular formula is C27H46O3. The summed E-state index contributed by atoms with van der Waals surface area (Å²) in [5.74, 6) is 2.80. The summed E-state index contributed by atoms with van der Waals surface area (Å²) in [5, 5.41) is 32.7. The molecular weight excluding hydrogens is 372 g/mol. The Hall–Kier alpha value is -0.380. The molecule has 4 unspecified atom stereocenters. The molecule has 0 aromatic rings. The molecule has 4 aliphatic carbocycles. The van der Waals surface area contributed by atoms with Gasteiger partial charge in [0.1, 0.15) is 0 Å². The van der Waals surface area contributed by atoms with Crippen molar-refractivity contribution in [1.29, 1.82) is 0 Å². The maximum Gasteiger partial charge on any atom is 0.0910 e. The fourth-order valence-electron chi connectivity index (χ4n) is 8.62. The minimum absolute atomic E-state index is 0.124. The molecule has 0 bridgehead atoms. The third-order valence-corrected chi connectivity index (χ3v) is 10.5. The van der Waals surface area contributed by atoms with E-state index in [1.165, 1.54) is 24.8 Å². The van der Waals surface area contributed by atoms with Crippen LogP contribution < -0.4 is 0 Å². The van der Waals surface area contributed by atoms with Crippen LogP contribution in [-0.2, 0) is 0 Å². The molecule has 9 atom stereocenters. The molecule has 3 saturated carbocycles. The predicted octanol–water partition coefficient (Wildman–Crippen LogP) is 5.47. The topological polar surface area (TPSA) is 60.7 Å². The number of aliphatic hydroxyl groups excluding tert-OH is 2. The highest BCUT2D eigenvalue weighted by Crippen LogP contribution is 2.67. The maximum atomic E-state index is 11.6. The van der Waals surface area contributed by atoms with Crippen LogP contribution in [0.4, 0.5) is 0 Å². The van der Waals surface area contributed by atoms with E-state index in [4.69, 9.17) is 0 Å². The molecule has 0 aromatic carbocycles. The molecule has 3 fully saturated rings. The van der Waals surface area contributed by atoms with Gasteiger partial charge in [-0.1, -0.05) is 39.3 Å². The van der Waals surface area contributed by atoms with Crippen molar-refractivity contribution in [3.05, 3.63) is 11.6 Å². The molecule has 0 aliphatic heterocycles. The van der Waals surface area contributed by atoms with Crippen LogP contribution in [0.15, 0.2) is 11.6 Å². The van der Waals surface area contributed by atoms with Crippen LogP contribution in [-0.4, -0.2) is 33.1 Å². The molecule has 0 aromatic heterocycles. The first-order chi connectivity index (χ1) is 14.0. The van der Waals surface area contributed by atoms with Crippen molar-refractivity contribution in [1.82, 2.24) is 0 Å². The number of rotatable bonds is 5. The summed E-state index contributed by atoms with van der Waals surface area (Å²) in [7, 11) is 0. The lowest BCUT2D eigenvalue weighted by Crippen LogP contribution is -2.55. The molecule has 3 N–H and O–H groups in total. The van der Waals surface area contributed by atoms with Crippen molar-refractivity contribution in [2.75, 3.05) is 0 Å². The molecule has 172 valence electrons. The van der Waals surface area contributed by atoms with E-state index < -0.39 is 11.7 Å². The summed E-state index contributed by atoms with van der Waals surface area (Å²) >= 11 is 0. The molecule has 0 heterocycles. The van der Waals surface area contributed by atoms with E-state index in [9.17, 15) is 15.3 Å². The Morgan fingerprint density at radius 2 is 1.80 bits per heavy atom. The Bertz CT molecular complexity index is 667. The molecule has 3 nitrogen and oxygen atoms in total. The fourth-order valence-corrected chi connectivity index (χ4v) is 8.62. The Balaban J connectivity index is 1.55. The minimum atomic E-state index is -1.00. The van der Waals surface area contributed by atoms with E-state index in [-0.39, 0.29) is 22.9 Å². The first-order valence-corrected chi connectivity index (χ1v) is 12.8. The van der Waals surface area contributed by atoms with Gasteiger partial charge in [-0.25, -0.2) is 0 Å². The van der Waals surface area contributed by atoms with Gasteiger partial charge in [-0.2, -0.15) is 0 Å². The third kappa shape index (κ3) is 3.52. The zero-order valence-corrected chi connectivity index (χ0v) is 20.0. The standard InChI is InChI=1S/C27H46O3/c1-17(2)6-11-24(29)27(5,30)23-10-9-21-20-8-7-18-16-19(28)12-14-25(18,3)22(20)13-15-26(21,23)4/h7,17,19-24,28-30H,6,8-16H2,1-5H3/t19-,20?,21?,22?,23?,24+,25-,26-,27+/m0/s1. The van der Waals surface area contributed by atoms with Crippen molar-refractivity contribution in [3.8, 4) is 0 Å². The second-order valence-corrected chi connectivity index (χ2v) is 12.5. The second kappa shape index (κ2) is 7.89. The normalized spacial score (nSPS) is 46.4. The SMILES string of the molecule is CC(C)CC[C@@H](O)[C@](C)(O)C1CCC2C3CC=C4C[C@@H](O)CC[C@]4(C)C3CC[C@@]21C. The quantitative estimate of drug-likeness (QED) is 0.519. The zero-order chi connectivity index (χ0) is 21.9. The summed E-state index contributed by atoms with van der Waals surface area (Å²) in [6, 6.07) is 0. The van der Waals surface area contributed by atoms with Gasteiger partial charge >= 0.3 is 0 Å². The fraction of sp³-hybridized carbons (Fsp3) is 0.926. The molecule has 0 saturated heterocycles. The van der Waals surface area contributed by atoms with Crippen molar-refractivity contribution in [3.63, 3.8) is 0 Å². The van der Waals surface area contributed by atoms with Crippen LogP contribution in [0.25, 0.3) is 0 Å². The van der Waals surface area contributed by atoms with Crippen LogP contribution in [0.3, 0.4) is 0 Å². The Morgan fingerprint density at radius 3 is 2.50 bits per heavy atom. The van der Waals surface area contributed by atoms with E-state index in [1.807, 2.05) is 6.92 Å². The summed E-state index contributed by atoms with van der Waals surface area (Å²) in [6.45, 7) is 11.2. The first-order valence-electron chi connectivity index (χ1n) is 12.8. The molecule has 4 aliphatic rings. The smallest absolute Gasteiger partial charge is 0.0910 e. The maximum absolute atomic E-state index is 11.6. The van der Waals surface area contributed by atoms with Crippen molar-refractivity contribution < 1.29 is 15.3 Å².